The number of fused-ring (bicyclic) bond motifs is 1. The molecule has 0 saturated heterocycles. The van der Waals surface area contributed by atoms with Crippen LogP contribution in [0.5, 0.6) is 5.75 Å². The number of halogens is 1. The van der Waals surface area contributed by atoms with Crippen LogP contribution in [0.2, 0.25) is 0 Å². The number of aliphatic imine (C=N–C) groups is 1. The molecule has 0 spiro atoms. The third-order valence-corrected chi connectivity index (χ3v) is 6.65. The van der Waals surface area contributed by atoms with E-state index < -0.39 is 12.0 Å². The molecule has 0 aliphatic carbocycles. The zero-order valence-corrected chi connectivity index (χ0v) is 20.5. The van der Waals surface area contributed by atoms with Crippen molar-refractivity contribution in [1.29, 1.82) is 0 Å². The summed E-state index contributed by atoms with van der Waals surface area (Å²) in [6.07, 6.45) is 0.615. The molecule has 1 N–H and O–H groups in total. The summed E-state index contributed by atoms with van der Waals surface area (Å²) in [6, 6.07) is 13.0. The summed E-state index contributed by atoms with van der Waals surface area (Å²) in [7, 11) is 2.93. The van der Waals surface area contributed by atoms with E-state index >= 15 is 0 Å². The largest absolute Gasteiger partial charge is 0.497 e. The molecule has 2 aromatic rings. The summed E-state index contributed by atoms with van der Waals surface area (Å²) in [4.78, 5) is 32.4. The number of methoxy groups -OCH3 is 2. The van der Waals surface area contributed by atoms with Gasteiger partial charge in [0.15, 0.2) is 5.17 Å². The van der Waals surface area contributed by atoms with Gasteiger partial charge in [0.1, 0.15) is 11.6 Å². The number of hydrogen-bond acceptors (Lipinski definition) is 7. The van der Waals surface area contributed by atoms with Crippen LogP contribution in [0, 0.1) is 5.82 Å². The van der Waals surface area contributed by atoms with Gasteiger partial charge in [0.2, 0.25) is 5.91 Å². The van der Waals surface area contributed by atoms with E-state index in [1.807, 2.05) is 41.5 Å². The van der Waals surface area contributed by atoms with E-state index in [4.69, 9.17) is 14.5 Å². The smallest absolute Gasteiger partial charge is 0.338 e. The molecule has 1 atom stereocenters. The minimum absolute atomic E-state index is 0.0672. The number of carbonyl (C=O) groups excluding carboxylic acids is 2. The lowest BCUT2D eigenvalue weighted by Gasteiger charge is -2.36. The van der Waals surface area contributed by atoms with Crippen LogP contribution in [0.25, 0.3) is 0 Å². The monoisotopic (exact) mass is 495 g/mol. The van der Waals surface area contributed by atoms with Gasteiger partial charge < -0.3 is 19.7 Å². The Bertz CT molecular complexity index is 1240. The number of thioether (sulfide) groups is 1. The number of benzene rings is 2. The van der Waals surface area contributed by atoms with Crippen molar-refractivity contribution < 1.29 is 23.5 Å². The van der Waals surface area contributed by atoms with Crippen LogP contribution in [0.3, 0.4) is 0 Å². The molecule has 182 valence electrons. The lowest BCUT2D eigenvalue weighted by Crippen LogP contribution is -2.38. The van der Waals surface area contributed by atoms with E-state index in [1.165, 1.54) is 31.0 Å². The molecule has 2 aliphatic rings. The van der Waals surface area contributed by atoms with Crippen molar-refractivity contribution in [2.75, 3.05) is 14.2 Å². The minimum Gasteiger partial charge on any atom is -0.497 e. The van der Waals surface area contributed by atoms with Crippen molar-refractivity contribution in [3.8, 4) is 5.75 Å². The second-order valence-corrected chi connectivity index (χ2v) is 8.80. The molecule has 2 aromatic carbocycles. The van der Waals surface area contributed by atoms with Crippen molar-refractivity contribution in [3.63, 3.8) is 0 Å². The number of rotatable bonds is 8. The third-order valence-electron chi connectivity index (χ3n) is 5.76. The lowest BCUT2D eigenvalue weighted by atomic mass is 9.92. The average molecular weight is 496 g/mol. The Morgan fingerprint density at radius 2 is 1.97 bits per heavy atom. The van der Waals surface area contributed by atoms with Gasteiger partial charge in [-0.2, -0.15) is 0 Å². The number of nitrogens with one attached hydrogen (secondary N) is 1. The number of ether oxygens (including phenoxy) is 2. The second kappa shape index (κ2) is 10.8. The maximum atomic E-state index is 13.5. The Hall–Kier alpha value is -3.59. The molecule has 2 heterocycles. The normalized spacial score (nSPS) is 16.9. The fourth-order valence-corrected chi connectivity index (χ4v) is 5.05. The fraction of sp³-hybridized carbons (Fsp3) is 0.269. The molecular weight excluding hydrogens is 469 g/mol. The standard InChI is InChI=1S/C26H26FN3O4S/c1-4-21-23(25(32)34-3)24(17-8-6-10-20(12-17)33-2)30-19(15-35-26(30)29-21)13-22(31)28-14-16-7-5-9-18(27)11-16/h5-12,15,24H,4,13-14H2,1-3H3,(H,28,31)/t24-/m1/s1. The summed E-state index contributed by atoms with van der Waals surface area (Å²) >= 11 is 1.41. The van der Waals surface area contributed by atoms with Crippen LogP contribution in [0.15, 0.2) is 75.9 Å². The molecule has 0 radical (unpaired) electrons. The highest BCUT2D eigenvalue weighted by Gasteiger charge is 2.41. The Labute approximate surface area is 207 Å². The molecule has 4 rings (SSSR count). The molecule has 0 unspecified atom stereocenters. The third kappa shape index (κ3) is 5.24. The van der Waals surface area contributed by atoms with Crippen LogP contribution in [0.1, 0.15) is 36.9 Å². The van der Waals surface area contributed by atoms with Gasteiger partial charge in [0, 0.05) is 12.2 Å². The van der Waals surface area contributed by atoms with Crippen molar-refractivity contribution >= 4 is 28.8 Å². The molecule has 1 amide bonds. The summed E-state index contributed by atoms with van der Waals surface area (Å²) in [6.45, 7) is 2.15. The number of carbonyl (C=O) groups is 2. The second-order valence-electron chi connectivity index (χ2n) is 7.96. The number of amidine groups is 1. The molecule has 0 bridgehead atoms. The summed E-state index contributed by atoms with van der Waals surface area (Å²) < 4.78 is 24.0. The minimum atomic E-state index is -0.530. The molecule has 0 aromatic heterocycles. The van der Waals surface area contributed by atoms with E-state index in [2.05, 4.69) is 5.32 Å². The Morgan fingerprint density at radius 1 is 1.17 bits per heavy atom. The SMILES string of the molecule is CCC1=C(C(=O)OC)[C@@H](c2cccc(OC)c2)N2C(CC(=O)NCc3cccc(F)c3)=CSC2=N1. The number of nitrogens with zero attached hydrogens (tertiary/aromatic N) is 2. The van der Waals surface area contributed by atoms with Crippen LogP contribution < -0.4 is 10.1 Å². The van der Waals surface area contributed by atoms with Gasteiger partial charge in [-0.3, -0.25) is 4.79 Å². The van der Waals surface area contributed by atoms with E-state index in [0.717, 1.165) is 5.56 Å². The first-order valence-electron chi connectivity index (χ1n) is 11.1. The first kappa shape index (κ1) is 24.5. The van der Waals surface area contributed by atoms with Crippen molar-refractivity contribution in [2.24, 2.45) is 4.99 Å². The van der Waals surface area contributed by atoms with E-state index in [9.17, 15) is 14.0 Å². The predicted octanol–water partition coefficient (Wildman–Crippen LogP) is 4.68. The van der Waals surface area contributed by atoms with Gasteiger partial charge in [-0.25, -0.2) is 14.2 Å². The molecule has 9 heteroatoms. The highest BCUT2D eigenvalue weighted by molar-refractivity contribution is 8.16. The van der Waals surface area contributed by atoms with Crippen LogP contribution in [-0.4, -0.2) is 36.2 Å². The van der Waals surface area contributed by atoms with Crippen molar-refractivity contribution in [2.45, 2.75) is 32.4 Å². The number of amides is 1. The van der Waals surface area contributed by atoms with Gasteiger partial charge in [-0.05, 0) is 47.2 Å². The molecule has 7 nitrogen and oxygen atoms in total. The van der Waals surface area contributed by atoms with Gasteiger partial charge in [0.05, 0.1) is 38.0 Å². The highest BCUT2D eigenvalue weighted by atomic mass is 32.2. The van der Waals surface area contributed by atoms with Gasteiger partial charge in [-0.1, -0.05) is 43.0 Å². The summed E-state index contributed by atoms with van der Waals surface area (Å²) in [5.74, 6) is -0.393. The van der Waals surface area contributed by atoms with Gasteiger partial charge in [0.25, 0.3) is 0 Å². The van der Waals surface area contributed by atoms with Gasteiger partial charge >= 0.3 is 5.97 Å². The maximum absolute atomic E-state index is 13.5. The fourth-order valence-electron chi connectivity index (χ4n) is 4.11. The van der Waals surface area contributed by atoms with E-state index in [0.29, 0.717) is 39.9 Å². The van der Waals surface area contributed by atoms with E-state index in [-0.39, 0.29) is 24.7 Å². The van der Waals surface area contributed by atoms with Crippen LogP contribution >= 0.6 is 11.8 Å². The number of allylic oxidation sites excluding steroid dienone is 1. The average Bonchev–Trinajstić information content (AvgIpc) is 3.27. The lowest BCUT2D eigenvalue weighted by molar-refractivity contribution is -0.136. The molecule has 0 saturated carbocycles. The van der Waals surface area contributed by atoms with E-state index in [1.54, 1.807) is 19.2 Å². The topological polar surface area (TPSA) is 80.2 Å². The Kier molecular flexibility index (Phi) is 7.55. The van der Waals surface area contributed by atoms with Crippen LogP contribution in [0.4, 0.5) is 4.39 Å². The zero-order chi connectivity index (χ0) is 24.9. The molecule has 2 aliphatic heterocycles. The Morgan fingerprint density at radius 3 is 2.69 bits per heavy atom. The Balaban J connectivity index is 1.63. The van der Waals surface area contributed by atoms with Crippen molar-refractivity contribution in [3.05, 3.63) is 87.9 Å². The molecule has 0 fully saturated rings. The highest BCUT2D eigenvalue weighted by Crippen LogP contribution is 2.45. The summed E-state index contributed by atoms with van der Waals surface area (Å²) in [5.41, 5.74) is 3.27. The quantitative estimate of drug-likeness (QED) is 0.536. The van der Waals surface area contributed by atoms with Crippen LogP contribution in [-0.2, 0) is 20.9 Å². The zero-order valence-electron chi connectivity index (χ0n) is 19.7. The maximum Gasteiger partial charge on any atom is 0.338 e. The number of esters is 1. The first-order valence-corrected chi connectivity index (χ1v) is 12.0. The molecular formula is C26H26FN3O4S. The van der Waals surface area contributed by atoms with Gasteiger partial charge in [-0.15, -0.1) is 0 Å². The first-order chi connectivity index (χ1) is 16.9. The number of hydrogen-bond donors (Lipinski definition) is 1. The predicted molar refractivity (Wildman–Crippen MR) is 133 cm³/mol. The summed E-state index contributed by atoms with van der Waals surface area (Å²) in [5, 5.41) is 5.41. The molecule has 35 heavy (non-hydrogen) atoms. The van der Waals surface area contributed by atoms with Crippen molar-refractivity contribution in [1.82, 2.24) is 10.2 Å².